The van der Waals surface area contributed by atoms with E-state index >= 15 is 0 Å². The molecule has 2 aliphatic carbocycles. The van der Waals surface area contributed by atoms with E-state index in [1.807, 2.05) is 0 Å². The molecule has 118 valence electrons. The summed E-state index contributed by atoms with van der Waals surface area (Å²) in [6.45, 7) is 0.591. The normalized spacial score (nSPS) is 31.7. The molecule has 2 fully saturated rings. The van der Waals surface area contributed by atoms with Crippen LogP contribution in [0.2, 0.25) is 0 Å². The minimum atomic E-state index is -2.93. The van der Waals surface area contributed by atoms with Gasteiger partial charge in [-0.15, -0.1) is 0 Å². The van der Waals surface area contributed by atoms with Gasteiger partial charge in [-0.25, -0.2) is 8.42 Å². The van der Waals surface area contributed by atoms with Gasteiger partial charge < -0.3 is 10.5 Å². The Morgan fingerprint density at radius 2 is 1.75 bits per heavy atom. The second kappa shape index (κ2) is 6.75. The molecule has 2 saturated carbocycles. The third-order valence-corrected chi connectivity index (χ3v) is 6.53. The zero-order valence-corrected chi connectivity index (χ0v) is 13.5. The number of hydrogen-bond acceptors (Lipinski definition) is 4. The predicted molar refractivity (Wildman–Crippen MR) is 81.5 cm³/mol. The topological polar surface area (TPSA) is 69.4 Å². The first-order valence-corrected chi connectivity index (χ1v) is 9.94. The lowest BCUT2D eigenvalue weighted by Crippen LogP contribution is -2.45. The Morgan fingerprint density at radius 1 is 1.10 bits per heavy atom. The maximum Gasteiger partial charge on any atom is 0.150 e. The molecule has 2 rings (SSSR count). The van der Waals surface area contributed by atoms with Crippen LogP contribution in [0.25, 0.3) is 0 Å². The fraction of sp³-hybridized carbons (Fsp3) is 1.00. The van der Waals surface area contributed by atoms with Gasteiger partial charge in [-0.1, -0.05) is 25.7 Å². The van der Waals surface area contributed by atoms with Gasteiger partial charge in [-0.2, -0.15) is 0 Å². The minimum absolute atomic E-state index is 0.0761. The second-order valence-electron chi connectivity index (χ2n) is 6.83. The summed E-state index contributed by atoms with van der Waals surface area (Å²) in [7, 11) is -2.93. The van der Waals surface area contributed by atoms with Gasteiger partial charge in [0.05, 0.1) is 18.0 Å². The Morgan fingerprint density at radius 3 is 2.35 bits per heavy atom. The van der Waals surface area contributed by atoms with Gasteiger partial charge in [-0.3, -0.25) is 0 Å². The van der Waals surface area contributed by atoms with Gasteiger partial charge in [0, 0.05) is 11.8 Å². The highest BCUT2D eigenvalue weighted by atomic mass is 32.2. The molecule has 0 saturated heterocycles. The number of sulfone groups is 1. The van der Waals surface area contributed by atoms with E-state index in [1.165, 1.54) is 31.9 Å². The van der Waals surface area contributed by atoms with E-state index in [2.05, 4.69) is 0 Å². The minimum Gasteiger partial charge on any atom is -0.376 e. The number of rotatable bonds is 4. The Kier molecular flexibility index (Phi) is 5.49. The summed E-state index contributed by atoms with van der Waals surface area (Å²) in [5, 5.41) is -0.218. The molecule has 20 heavy (non-hydrogen) atoms. The zero-order valence-electron chi connectivity index (χ0n) is 12.6. The molecule has 2 atom stereocenters. The summed E-state index contributed by atoms with van der Waals surface area (Å²) in [4.78, 5) is 0. The highest BCUT2D eigenvalue weighted by Crippen LogP contribution is 2.29. The van der Waals surface area contributed by atoms with Gasteiger partial charge >= 0.3 is 0 Å². The Bertz CT molecular complexity index is 399. The van der Waals surface area contributed by atoms with Crippen LogP contribution in [0.5, 0.6) is 0 Å². The van der Waals surface area contributed by atoms with E-state index in [0.717, 1.165) is 32.1 Å². The largest absolute Gasteiger partial charge is 0.376 e. The first kappa shape index (κ1) is 16.2. The summed E-state index contributed by atoms with van der Waals surface area (Å²) in [6.07, 6.45) is 11.8. The van der Waals surface area contributed by atoms with Crippen molar-refractivity contribution in [2.75, 3.05) is 12.9 Å². The summed E-state index contributed by atoms with van der Waals surface area (Å²) >= 11 is 0. The summed E-state index contributed by atoms with van der Waals surface area (Å²) < 4.78 is 29.3. The van der Waals surface area contributed by atoms with Crippen LogP contribution in [0.15, 0.2) is 0 Å². The summed E-state index contributed by atoms with van der Waals surface area (Å²) in [6, 6.07) is 0. The van der Waals surface area contributed by atoms with Crippen molar-refractivity contribution in [3.8, 4) is 0 Å². The molecule has 0 spiro atoms. The summed E-state index contributed by atoms with van der Waals surface area (Å²) in [5.41, 5.74) is 6.27. The highest BCUT2D eigenvalue weighted by molar-refractivity contribution is 7.91. The van der Waals surface area contributed by atoms with Gasteiger partial charge in [0.25, 0.3) is 0 Å². The number of ether oxygens (including phenoxy) is 1. The van der Waals surface area contributed by atoms with Gasteiger partial charge in [0.2, 0.25) is 0 Å². The fourth-order valence-electron chi connectivity index (χ4n) is 3.50. The van der Waals surface area contributed by atoms with E-state index in [0.29, 0.717) is 13.0 Å². The maximum absolute atomic E-state index is 11.7. The van der Waals surface area contributed by atoms with E-state index in [9.17, 15) is 8.42 Å². The summed E-state index contributed by atoms with van der Waals surface area (Å²) in [5.74, 6) is 0. The molecule has 4 nitrogen and oxygen atoms in total. The number of nitrogens with two attached hydrogens (primary N) is 1. The Balaban J connectivity index is 1.83. The van der Waals surface area contributed by atoms with Crippen molar-refractivity contribution < 1.29 is 13.2 Å². The van der Waals surface area contributed by atoms with Gasteiger partial charge in [0.1, 0.15) is 9.84 Å². The molecule has 0 aliphatic heterocycles. The molecule has 5 heteroatoms. The highest BCUT2D eigenvalue weighted by Gasteiger charge is 2.32. The Labute approximate surface area is 123 Å². The van der Waals surface area contributed by atoms with Crippen molar-refractivity contribution >= 4 is 9.84 Å². The zero-order chi connectivity index (χ0) is 14.6. The van der Waals surface area contributed by atoms with Gasteiger partial charge in [-0.05, 0) is 38.5 Å². The molecular formula is C15H29NO3S. The van der Waals surface area contributed by atoms with Crippen LogP contribution in [0, 0.1) is 0 Å². The van der Waals surface area contributed by atoms with Crippen LogP contribution in [0.4, 0.5) is 0 Å². The monoisotopic (exact) mass is 303 g/mol. The molecule has 0 aromatic heterocycles. The molecule has 0 aromatic rings. The second-order valence-corrected chi connectivity index (χ2v) is 9.15. The maximum atomic E-state index is 11.7. The SMILES string of the molecule is CS(=O)(=O)C1CCCC(OCC2(N)CCCCCC2)C1. The fourth-order valence-corrected chi connectivity index (χ4v) is 4.66. The molecule has 0 amide bonds. The average Bonchev–Trinajstić information content (AvgIpc) is 2.61. The van der Waals surface area contributed by atoms with Crippen LogP contribution in [-0.2, 0) is 14.6 Å². The van der Waals surface area contributed by atoms with Crippen LogP contribution in [0.3, 0.4) is 0 Å². The lowest BCUT2D eigenvalue weighted by Gasteiger charge is -2.33. The quantitative estimate of drug-likeness (QED) is 0.810. The van der Waals surface area contributed by atoms with Crippen molar-refractivity contribution in [3.63, 3.8) is 0 Å². The van der Waals surface area contributed by atoms with Crippen LogP contribution in [0.1, 0.15) is 64.2 Å². The van der Waals surface area contributed by atoms with Crippen molar-refractivity contribution in [3.05, 3.63) is 0 Å². The van der Waals surface area contributed by atoms with Crippen LogP contribution in [-0.4, -0.2) is 38.2 Å². The van der Waals surface area contributed by atoms with Crippen molar-refractivity contribution in [1.82, 2.24) is 0 Å². The van der Waals surface area contributed by atoms with Crippen molar-refractivity contribution in [2.24, 2.45) is 5.73 Å². The molecule has 2 N–H and O–H groups in total. The molecular weight excluding hydrogens is 274 g/mol. The van der Waals surface area contributed by atoms with Crippen LogP contribution >= 0.6 is 0 Å². The standard InChI is InChI=1S/C15H29NO3S/c1-20(17,18)14-8-6-7-13(11-14)19-12-15(16)9-4-2-3-5-10-15/h13-14H,2-12,16H2,1H3. The third-order valence-electron chi connectivity index (χ3n) is 4.89. The molecule has 2 unspecified atom stereocenters. The van der Waals surface area contributed by atoms with E-state index in [4.69, 9.17) is 10.5 Å². The van der Waals surface area contributed by atoms with Crippen molar-refractivity contribution in [1.29, 1.82) is 0 Å². The van der Waals surface area contributed by atoms with E-state index in [1.54, 1.807) is 0 Å². The van der Waals surface area contributed by atoms with Crippen LogP contribution < -0.4 is 5.73 Å². The number of hydrogen-bond donors (Lipinski definition) is 1. The predicted octanol–water partition coefficient (Wildman–Crippen LogP) is 2.41. The third kappa shape index (κ3) is 4.71. The molecule has 2 aliphatic rings. The lowest BCUT2D eigenvalue weighted by molar-refractivity contribution is -0.00280. The first-order chi connectivity index (χ1) is 9.39. The molecule has 0 heterocycles. The molecule has 0 aromatic carbocycles. The van der Waals surface area contributed by atoms with E-state index in [-0.39, 0.29) is 16.9 Å². The van der Waals surface area contributed by atoms with Crippen molar-refractivity contribution in [2.45, 2.75) is 81.1 Å². The molecule has 0 bridgehead atoms. The van der Waals surface area contributed by atoms with E-state index < -0.39 is 9.84 Å². The van der Waals surface area contributed by atoms with Gasteiger partial charge in [0.15, 0.2) is 0 Å². The lowest BCUT2D eigenvalue weighted by atomic mass is 9.92. The smallest absolute Gasteiger partial charge is 0.150 e. The molecule has 0 radical (unpaired) electrons. The average molecular weight is 303 g/mol. The Hall–Kier alpha value is -0.130. The first-order valence-electron chi connectivity index (χ1n) is 7.98.